The maximum Gasteiger partial charge on any atom is 0.0637 e. The third-order valence-electron chi connectivity index (χ3n) is 3.32. The van der Waals surface area contributed by atoms with Crippen molar-refractivity contribution in [3.63, 3.8) is 0 Å². The highest BCUT2D eigenvalue weighted by atomic mass is 35.5. The highest BCUT2D eigenvalue weighted by Crippen LogP contribution is 2.27. The van der Waals surface area contributed by atoms with Crippen LogP contribution in [0.5, 0.6) is 0 Å². The molecule has 0 atom stereocenters. The van der Waals surface area contributed by atoms with Crippen molar-refractivity contribution < 1.29 is 0 Å². The van der Waals surface area contributed by atoms with Crippen molar-refractivity contribution in [1.29, 1.82) is 0 Å². The Morgan fingerprint density at radius 3 is 2.52 bits per heavy atom. The molecule has 0 saturated heterocycles. The van der Waals surface area contributed by atoms with Gasteiger partial charge in [0.1, 0.15) is 0 Å². The predicted octanol–water partition coefficient (Wildman–Crippen LogP) is 4.99. The van der Waals surface area contributed by atoms with E-state index in [1.165, 1.54) is 5.56 Å². The van der Waals surface area contributed by atoms with Crippen molar-refractivity contribution in [2.75, 3.05) is 12.3 Å². The molecule has 0 unspecified atom stereocenters. The maximum atomic E-state index is 6.29. The van der Waals surface area contributed by atoms with Gasteiger partial charge >= 0.3 is 0 Å². The lowest BCUT2D eigenvalue weighted by atomic mass is 10.1. The molecule has 4 heteroatoms. The van der Waals surface area contributed by atoms with Crippen molar-refractivity contribution in [1.82, 2.24) is 4.90 Å². The fourth-order valence-electron chi connectivity index (χ4n) is 2.39. The van der Waals surface area contributed by atoms with Crippen LogP contribution in [0.4, 0.5) is 5.69 Å². The molecule has 21 heavy (non-hydrogen) atoms. The molecular formula is C17H20Cl2N2. The molecule has 2 rings (SSSR count). The summed E-state index contributed by atoms with van der Waals surface area (Å²) in [5.41, 5.74) is 8.91. The molecule has 0 aliphatic heterocycles. The Labute approximate surface area is 136 Å². The highest BCUT2D eigenvalue weighted by molar-refractivity contribution is 6.42. The van der Waals surface area contributed by atoms with E-state index in [1.807, 2.05) is 36.4 Å². The van der Waals surface area contributed by atoms with E-state index >= 15 is 0 Å². The number of benzene rings is 2. The number of anilines is 1. The molecule has 2 aromatic carbocycles. The monoisotopic (exact) mass is 322 g/mol. The first kappa shape index (κ1) is 16.2. The molecular weight excluding hydrogens is 303 g/mol. The molecule has 112 valence electrons. The van der Waals surface area contributed by atoms with Crippen LogP contribution in [0.25, 0.3) is 0 Å². The lowest BCUT2D eigenvalue weighted by molar-refractivity contribution is 0.257. The topological polar surface area (TPSA) is 29.3 Å². The average molecular weight is 323 g/mol. The van der Waals surface area contributed by atoms with Gasteiger partial charge in [-0.05, 0) is 42.3 Å². The molecule has 0 radical (unpaired) electrons. The van der Waals surface area contributed by atoms with Crippen LogP contribution < -0.4 is 5.73 Å². The Balaban J connectivity index is 2.13. The molecule has 0 saturated carbocycles. The summed E-state index contributed by atoms with van der Waals surface area (Å²) in [4.78, 5) is 2.35. The molecule has 2 nitrogen and oxygen atoms in total. The molecule has 0 aliphatic rings. The lowest BCUT2D eigenvalue weighted by Gasteiger charge is -2.23. The summed E-state index contributed by atoms with van der Waals surface area (Å²) in [6.45, 7) is 4.80. The maximum absolute atomic E-state index is 6.29. The van der Waals surface area contributed by atoms with E-state index in [-0.39, 0.29) is 0 Å². The van der Waals surface area contributed by atoms with Crippen LogP contribution in [-0.4, -0.2) is 11.4 Å². The highest BCUT2D eigenvalue weighted by Gasteiger charge is 2.10. The Bertz CT molecular complexity index is 599. The summed E-state index contributed by atoms with van der Waals surface area (Å²) < 4.78 is 0. The Kier molecular flexibility index (Phi) is 5.92. The fraction of sp³-hybridized carbons (Fsp3) is 0.294. The van der Waals surface area contributed by atoms with Gasteiger partial charge in [-0.1, -0.05) is 54.4 Å². The Hall–Kier alpha value is -1.22. The van der Waals surface area contributed by atoms with Gasteiger partial charge in [-0.15, -0.1) is 0 Å². The van der Waals surface area contributed by atoms with Crippen molar-refractivity contribution in [2.24, 2.45) is 0 Å². The minimum Gasteiger partial charge on any atom is -0.399 e. The molecule has 2 aromatic rings. The largest absolute Gasteiger partial charge is 0.399 e. The summed E-state index contributed by atoms with van der Waals surface area (Å²) in [5, 5.41) is 1.25. The SMILES string of the molecule is CCCN(Cc1cccc(N)c1)Cc1cccc(Cl)c1Cl. The Morgan fingerprint density at radius 2 is 1.81 bits per heavy atom. The summed E-state index contributed by atoms with van der Waals surface area (Å²) in [7, 11) is 0. The summed E-state index contributed by atoms with van der Waals surface area (Å²) >= 11 is 12.4. The van der Waals surface area contributed by atoms with Gasteiger partial charge in [0, 0.05) is 18.8 Å². The average Bonchev–Trinajstić information content (AvgIpc) is 2.44. The molecule has 0 bridgehead atoms. The number of hydrogen-bond donors (Lipinski definition) is 1. The zero-order valence-electron chi connectivity index (χ0n) is 12.2. The van der Waals surface area contributed by atoms with E-state index in [0.29, 0.717) is 10.0 Å². The van der Waals surface area contributed by atoms with Crippen LogP contribution in [0.15, 0.2) is 42.5 Å². The van der Waals surface area contributed by atoms with Crippen molar-refractivity contribution in [3.8, 4) is 0 Å². The van der Waals surface area contributed by atoms with Crippen LogP contribution >= 0.6 is 23.2 Å². The van der Waals surface area contributed by atoms with Crippen LogP contribution in [0, 0.1) is 0 Å². The van der Waals surface area contributed by atoms with E-state index in [0.717, 1.165) is 37.3 Å². The number of nitrogens with two attached hydrogens (primary N) is 1. The first-order valence-electron chi connectivity index (χ1n) is 7.09. The molecule has 2 N–H and O–H groups in total. The molecule has 0 aromatic heterocycles. The number of nitrogen functional groups attached to an aromatic ring is 1. The van der Waals surface area contributed by atoms with Gasteiger partial charge in [-0.3, -0.25) is 4.90 Å². The zero-order valence-corrected chi connectivity index (χ0v) is 13.7. The number of nitrogens with zero attached hydrogens (tertiary/aromatic N) is 1. The first-order chi connectivity index (χ1) is 10.1. The molecule has 0 fully saturated rings. The van der Waals surface area contributed by atoms with Gasteiger partial charge in [0.15, 0.2) is 0 Å². The van der Waals surface area contributed by atoms with E-state index in [1.54, 1.807) is 0 Å². The van der Waals surface area contributed by atoms with Crippen molar-refractivity contribution in [2.45, 2.75) is 26.4 Å². The number of halogens is 2. The molecule has 0 heterocycles. The van der Waals surface area contributed by atoms with Gasteiger partial charge in [-0.25, -0.2) is 0 Å². The van der Waals surface area contributed by atoms with Crippen LogP contribution in [0.2, 0.25) is 10.0 Å². The van der Waals surface area contributed by atoms with Gasteiger partial charge in [0.05, 0.1) is 10.0 Å². The first-order valence-corrected chi connectivity index (χ1v) is 7.85. The van der Waals surface area contributed by atoms with E-state index in [4.69, 9.17) is 28.9 Å². The lowest BCUT2D eigenvalue weighted by Crippen LogP contribution is -2.23. The predicted molar refractivity (Wildman–Crippen MR) is 91.7 cm³/mol. The van der Waals surface area contributed by atoms with Crippen LogP contribution in [-0.2, 0) is 13.1 Å². The van der Waals surface area contributed by atoms with Gasteiger partial charge < -0.3 is 5.73 Å². The quantitative estimate of drug-likeness (QED) is 0.759. The normalized spacial score (nSPS) is 11.0. The van der Waals surface area contributed by atoms with E-state index < -0.39 is 0 Å². The van der Waals surface area contributed by atoms with Gasteiger partial charge in [0.25, 0.3) is 0 Å². The van der Waals surface area contributed by atoms with E-state index in [2.05, 4.69) is 17.9 Å². The van der Waals surface area contributed by atoms with Crippen LogP contribution in [0.1, 0.15) is 24.5 Å². The summed E-state index contributed by atoms with van der Waals surface area (Å²) in [5.74, 6) is 0. The number of rotatable bonds is 6. The third-order valence-corrected chi connectivity index (χ3v) is 4.18. The minimum atomic E-state index is 0.606. The van der Waals surface area contributed by atoms with Crippen molar-refractivity contribution in [3.05, 3.63) is 63.6 Å². The second-order valence-electron chi connectivity index (χ2n) is 5.17. The van der Waals surface area contributed by atoms with Crippen molar-refractivity contribution >= 4 is 28.9 Å². The minimum absolute atomic E-state index is 0.606. The summed E-state index contributed by atoms with van der Waals surface area (Å²) in [6.07, 6.45) is 1.08. The molecule has 0 spiro atoms. The number of hydrogen-bond acceptors (Lipinski definition) is 2. The smallest absolute Gasteiger partial charge is 0.0637 e. The van der Waals surface area contributed by atoms with Gasteiger partial charge in [-0.2, -0.15) is 0 Å². The van der Waals surface area contributed by atoms with Gasteiger partial charge in [0.2, 0.25) is 0 Å². The molecule has 0 amide bonds. The zero-order chi connectivity index (χ0) is 15.2. The standard InChI is InChI=1S/C17H20Cl2N2/c1-2-9-21(11-13-5-3-7-15(20)10-13)12-14-6-4-8-16(18)17(14)19/h3-8,10H,2,9,11-12,20H2,1H3. The second-order valence-corrected chi connectivity index (χ2v) is 5.95. The Morgan fingerprint density at radius 1 is 1.05 bits per heavy atom. The summed E-state index contributed by atoms with van der Waals surface area (Å²) in [6, 6.07) is 13.8. The molecule has 0 aliphatic carbocycles. The second kappa shape index (κ2) is 7.69. The fourth-order valence-corrected chi connectivity index (χ4v) is 2.77. The third kappa shape index (κ3) is 4.63. The van der Waals surface area contributed by atoms with E-state index in [9.17, 15) is 0 Å². The van der Waals surface area contributed by atoms with Crippen LogP contribution in [0.3, 0.4) is 0 Å².